The van der Waals surface area contributed by atoms with Gasteiger partial charge in [0.25, 0.3) is 0 Å². The normalized spacial score (nSPS) is 10.0. The number of anilines is 1. The van der Waals surface area contributed by atoms with Gasteiger partial charge in [-0.3, -0.25) is 0 Å². The van der Waals surface area contributed by atoms with Gasteiger partial charge in [-0.1, -0.05) is 17.7 Å². The zero-order chi connectivity index (χ0) is 14.0. The van der Waals surface area contributed by atoms with Crippen LogP contribution in [0.2, 0.25) is 5.02 Å². The molecular weight excluding hydrogens is 260 g/mol. The molecule has 19 heavy (non-hydrogen) atoms. The highest BCUT2D eigenvalue weighted by atomic mass is 35.5. The fraction of sp³-hybridized carbons (Fsp3) is 0.133. The van der Waals surface area contributed by atoms with Gasteiger partial charge in [0.15, 0.2) is 5.75 Å². The first kappa shape index (κ1) is 13.3. The molecular formula is C15H13ClN2O. The average Bonchev–Trinajstić information content (AvgIpc) is 2.38. The molecule has 0 aromatic heterocycles. The molecule has 0 heterocycles. The third-order valence-electron chi connectivity index (χ3n) is 2.82. The summed E-state index contributed by atoms with van der Waals surface area (Å²) in [6, 6.07) is 10.8. The number of ether oxygens (including phenoxy) is 1. The Morgan fingerprint density at radius 1 is 1.21 bits per heavy atom. The maximum atomic E-state index is 8.93. The molecule has 0 spiro atoms. The number of nitrogen functional groups attached to an aromatic ring is 1. The fourth-order valence-electron chi connectivity index (χ4n) is 1.82. The average molecular weight is 273 g/mol. The zero-order valence-corrected chi connectivity index (χ0v) is 11.5. The summed E-state index contributed by atoms with van der Waals surface area (Å²) in [6.45, 7) is 3.83. The summed E-state index contributed by atoms with van der Waals surface area (Å²) < 4.78 is 5.73. The van der Waals surface area contributed by atoms with Crippen LogP contribution in [-0.2, 0) is 0 Å². The number of para-hydroxylation sites is 1. The molecule has 0 amide bonds. The van der Waals surface area contributed by atoms with E-state index in [2.05, 4.69) is 0 Å². The molecule has 2 aromatic rings. The van der Waals surface area contributed by atoms with Gasteiger partial charge < -0.3 is 10.5 Å². The molecule has 0 aliphatic rings. The van der Waals surface area contributed by atoms with Crippen LogP contribution in [0.3, 0.4) is 0 Å². The van der Waals surface area contributed by atoms with Gasteiger partial charge >= 0.3 is 0 Å². The lowest BCUT2D eigenvalue weighted by atomic mass is 10.1. The van der Waals surface area contributed by atoms with E-state index in [-0.39, 0.29) is 0 Å². The molecule has 0 saturated carbocycles. The Labute approximate surface area is 117 Å². The second-order valence-electron chi connectivity index (χ2n) is 4.30. The van der Waals surface area contributed by atoms with Crippen molar-refractivity contribution in [3.8, 4) is 17.6 Å². The number of nitrogens with two attached hydrogens (primary N) is 1. The van der Waals surface area contributed by atoms with Crippen molar-refractivity contribution in [2.24, 2.45) is 0 Å². The molecule has 0 aliphatic heterocycles. The van der Waals surface area contributed by atoms with Gasteiger partial charge in [-0.05, 0) is 49.2 Å². The molecule has 0 bridgehead atoms. The van der Waals surface area contributed by atoms with Crippen molar-refractivity contribution in [1.29, 1.82) is 5.26 Å². The first-order valence-corrected chi connectivity index (χ1v) is 6.14. The minimum absolute atomic E-state index is 0.343. The standard InChI is InChI=1S/C15H13ClN2O/c1-9-6-12(7-10(2)14(9)16)19-13-5-3-4-11(8-17)15(13)18/h3-7H,18H2,1-2H3. The first-order chi connectivity index (χ1) is 9.02. The topological polar surface area (TPSA) is 59.0 Å². The summed E-state index contributed by atoms with van der Waals surface area (Å²) in [5, 5.41) is 9.66. The quantitative estimate of drug-likeness (QED) is 0.834. The van der Waals surface area contributed by atoms with Crippen LogP contribution in [0.4, 0.5) is 5.69 Å². The van der Waals surface area contributed by atoms with Crippen molar-refractivity contribution in [3.63, 3.8) is 0 Å². The molecule has 2 rings (SSSR count). The maximum Gasteiger partial charge on any atom is 0.151 e. The van der Waals surface area contributed by atoms with Gasteiger partial charge in [-0.15, -0.1) is 0 Å². The van der Waals surface area contributed by atoms with Crippen LogP contribution >= 0.6 is 11.6 Å². The highest BCUT2D eigenvalue weighted by Crippen LogP contribution is 2.32. The summed E-state index contributed by atoms with van der Waals surface area (Å²) in [4.78, 5) is 0. The smallest absolute Gasteiger partial charge is 0.151 e. The first-order valence-electron chi connectivity index (χ1n) is 5.76. The number of rotatable bonds is 2. The molecule has 0 aliphatic carbocycles. The van der Waals surface area contributed by atoms with E-state index in [0.717, 1.165) is 16.1 Å². The zero-order valence-electron chi connectivity index (χ0n) is 10.7. The number of benzene rings is 2. The van der Waals surface area contributed by atoms with Crippen LogP contribution in [0.1, 0.15) is 16.7 Å². The van der Waals surface area contributed by atoms with Crippen LogP contribution in [0.5, 0.6) is 11.5 Å². The summed E-state index contributed by atoms with van der Waals surface area (Å²) >= 11 is 6.11. The number of nitriles is 1. The van der Waals surface area contributed by atoms with E-state index in [1.54, 1.807) is 18.2 Å². The van der Waals surface area contributed by atoms with E-state index in [9.17, 15) is 0 Å². The Balaban J connectivity index is 2.40. The van der Waals surface area contributed by atoms with E-state index < -0.39 is 0 Å². The Kier molecular flexibility index (Phi) is 3.64. The van der Waals surface area contributed by atoms with E-state index in [4.69, 9.17) is 27.3 Å². The second-order valence-corrected chi connectivity index (χ2v) is 4.68. The third-order valence-corrected chi connectivity index (χ3v) is 3.42. The van der Waals surface area contributed by atoms with Crippen LogP contribution in [-0.4, -0.2) is 0 Å². The van der Waals surface area contributed by atoms with Crippen molar-refractivity contribution < 1.29 is 4.74 Å². The Morgan fingerprint density at radius 3 is 2.42 bits per heavy atom. The lowest BCUT2D eigenvalue weighted by Gasteiger charge is -2.11. The van der Waals surface area contributed by atoms with Crippen molar-refractivity contribution >= 4 is 17.3 Å². The van der Waals surface area contributed by atoms with Crippen LogP contribution in [0, 0.1) is 25.2 Å². The molecule has 0 unspecified atom stereocenters. The molecule has 96 valence electrons. The van der Waals surface area contributed by atoms with Crippen molar-refractivity contribution in [2.75, 3.05) is 5.73 Å². The van der Waals surface area contributed by atoms with Crippen LogP contribution in [0.25, 0.3) is 0 Å². The van der Waals surface area contributed by atoms with E-state index in [1.165, 1.54) is 0 Å². The summed E-state index contributed by atoms with van der Waals surface area (Å²) in [5.74, 6) is 1.13. The fourth-order valence-corrected chi connectivity index (χ4v) is 1.93. The van der Waals surface area contributed by atoms with Crippen molar-refractivity contribution in [2.45, 2.75) is 13.8 Å². The molecule has 4 heteroatoms. The Bertz CT molecular complexity index is 651. The molecule has 0 fully saturated rings. The molecule has 0 atom stereocenters. The summed E-state index contributed by atoms with van der Waals surface area (Å²) in [7, 11) is 0. The van der Waals surface area contributed by atoms with Gasteiger partial charge in [-0.25, -0.2) is 0 Å². The van der Waals surface area contributed by atoms with Crippen molar-refractivity contribution in [3.05, 3.63) is 52.0 Å². The van der Waals surface area contributed by atoms with Gasteiger partial charge in [0.2, 0.25) is 0 Å². The minimum Gasteiger partial charge on any atom is -0.455 e. The van der Waals surface area contributed by atoms with Crippen LogP contribution < -0.4 is 10.5 Å². The third kappa shape index (κ3) is 2.64. The van der Waals surface area contributed by atoms with Gasteiger partial charge in [-0.2, -0.15) is 5.26 Å². The van der Waals surface area contributed by atoms with Crippen LogP contribution in [0.15, 0.2) is 30.3 Å². The van der Waals surface area contributed by atoms with Crippen molar-refractivity contribution in [1.82, 2.24) is 0 Å². The molecule has 3 nitrogen and oxygen atoms in total. The lowest BCUT2D eigenvalue weighted by molar-refractivity contribution is 0.484. The lowest BCUT2D eigenvalue weighted by Crippen LogP contribution is -1.96. The monoisotopic (exact) mass is 272 g/mol. The second kappa shape index (κ2) is 5.21. The van der Waals surface area contributed by atoms with E-state index in [1.807, 2.05) is 32.0 Å². The SMILES string of the molecule is Cc1cc(Oc2cccc(C#N)c2N)cc(C)c1Cl. The van der Waals surface area contributed by atoms with E-state index >= 15 is 0 Å². The number of halogens is 1. The minimum atomic E-state index is 0.343. The number of hydrogen-bond acceptors (Lipinski definition) is 3. The molecule has 2 N–H and O–H groups in total. The highest BCUT2D eigenvalue weighted by molar-refractivity contribution is 6.32. The Hall–Kier alpha value is -2.18. The van der Waals surface area contributed by atoms with Gasteiger partial charge in [0.1, 0.15) is 11.8 Å². The maximum absolute atomic E-state index is 8.93. The summed E-state index contributed by atoms with van der Waals surface area (Å²) in [6.07, 6.45) is 0. The van der Waals surface area contributed by atoms with Gasteiger partial charge in [0, 0.05) is 5.02 Å². The predicted octanol–water partition coefficient (Wildman–Crippen LogP) is 4.20. The largest absolute Gasteiger partial charge is 0.455 e. The number of aryl methyl sites for hydroxylation is 2. The predicted molar refractivity (Wildman–Crippen MR) is 76.6 cm³/mol. The summed E-state index contributed by atoms with van der Waals surface area (Å²) in [5.41, 5.74) is 8.49. The number of hydrogen-bond donors (Lipinski definition) is 1. The Morgan fingerprint density at radius 2 is 1.84 bits per heavy atom. The van der Waals surface area contributed by atoms with Gasteiger partial charge in [0.05, 0.1) is 11.3 Å². The molecule has 0 radical (unpaired) electrons. The molecule has 0 saturated heterocycles. The highest BCUT2D eigenvalue weighted by Gasteiger charge is 2.09. The number of nitrogens with zero attached hydrogens (tertiary/aromatic N) is 1. The molecule has 2 aromatic carbocycles. The van der Waals surface area contributed by atoms with E-state index in [0.29, 0.717) is 22.7 Å².